The predicted octanol–water partition coefficient (Wildman–Crippen LogP) is 5.89. The number of amides is 3. The topological polar surface area (TPSA) is 116 Å². The lowest BCUT2D eigenvalue weighted by atomic mass is 9.78. The molecule has 2 aromatic carbocycles. The lowest BCUT2D eigenvalue weighted by Gasteiger charge is -2.35. The first kappa shape index (κ1) is 33.2. The number of benzene rings is 2. The summed E-state index contributed by atoms with van der Waals surface area (Å²) in [6.07, 6.45) is -4.81. The van der Waals surface area contributed by atoms with Gasteiger partial charge in [-0.3, -0.25) is 14.4 Å². The largest absolute Gasteiger partial charge is 0.573 e. The van der Waals surface area contributed by atoms with Crippen molar-refractivity contribution < 1.29 is 32.3 Å². The zero-order valence-electron chi connectivity index (χ0n) is 26.2. The summed E-state index contributed by atoms with van der Waals surface area (Å²) < 4.78 is 44.3. The standard InChI is InChI=1S/C33H36F3N5O4/c1-18(2)12-26(30(43)40(6)23(17-37)16-32(5)24-10-8-9-11-25(24)39-31(32)44)41(7)29(42)22-14-21-13-19(3)20(4)38-28(21)27(15-22)45-33(34,35)36/h8-11,13-15,18,23,26H,12,16H2,1-7H3,(H,39,44)/t23-,26-,32+/m0/s1. The molecule has 0 fully saturated rings. The van der Waals surface area contributed by atoms with E-state index in [1.807, 2.05) is 13.8 Å². The summed E-state index contributed by atoms with van der Waals surface area (Å²) in [5.74, 6) is -2.23. The molecular weight excluding hydrogens is 587 g/mol. The van der Waals surface area contributed by atoms with Gasteiger partial charge in [-0.05, 0) is 74.9 Å². The molecule has 45 heavy (non-hydrogen) atoms. The number of anilines is 1. The minimum Gasteiger partial charge on any atom is -0.403 e. The van der Waals surface area contributed by atoms with Crippen molar-refractivity contribution in [2.75, 3.05) is 19.4 Å². The Morgan fingerprint density at radius 1 is 1.11 bits per heavy atom. The minimum atomic E-state index is -5.03. The van der Waals surface area contributed by atoms with Crippen molar-refractivity contribution in [3.8, 4) is 11.8 Å². The summed E-state index contributed by atoms with van der Waals surface area (Å²) in [5, 5.41) is 13.2. The Bertz CT molecular complexity index is 1700. The van der Waals surface area contributed by atoms with Crippen molar-refractivity contribution in [2.45, 2.75) is 71.3 Å². The third-order valence-corrected chi connectivity index (χ3v) is 8.40. The van der Waals surface area contributed by atoms with Crippen LogP contribution >= 0.6 is 0 Å². The van der Waals surface area contributed by atoms with Crippen molar-refractivity contribution in [1.82, 2.24) is 14.8 Å². The number of aryl methyl sites for hydroxylation is 2. The highest BCUT2D eigenvalue weighted by Crippen LogP contribution is 2.41. The van der Waals surface area contributed by atoms with Crippen LogP contribution in [0, 0.1) is 31.1 Å². The maximum Gasteiger partial charge on any atom is 0.573 e. The van der Waals surface area contributed by atoms with Crippen LogP contribution in [0.5, 0.6) is 5.75 Å². The first-order chi connectivity index (χ1) is 21.0. The zero-order chi connectivity index (χ0) is 33.4. The van der Waals surface area contributed by atoms with Crippen molar-refractivity contribution in [3.63, 3.8) is 0 Å². The molecule has 0 spiro atoms. The fourth-order valence-corrected chi connectivity index (χ4v) is 5.70. The molecule has 1 aliphatic rings. The van der Waals surface area contributed by atoms with Gasteiger partial charge in [-0.25, -0.2) is 4.98 Å². The Balaban J connectivity index is 1.67. The molecule has 1 aromatic heterocycles. The molecule has 1 aliphatic heterocycles. The van der Waals surface area contributed by atoms with Gasteiger partial charge in [0, 0.05) is 36.4 Å². The normalized spacial score (nSPS) is 17.3. The molecule has 2 heterocycles. The number of rotatable bonds is 9. The van der Waals surface area contributed by atoms with E-state index < -0.39 is 41.4 Å². The van der Waals surface area contributed by atoms with Crippen molar-refractivity contribution in [3.05, 3.63) is 64.8 Å². The fraction of sp³-hybridized carbons (Fsp3) is 0.424. The second kappa shape index (κ2) is 12.4. The summed E-state index contributed by atoms with van der Waals surface area (Å²) in [6, 6.07) is 11.2. The van der Waals surface area contributed by atoms with Crippen LogP contribution in [0.3, 0.4) is 0 Å². The zero-order valence-corrected chi connectivity index (χ0v) is 26.2. The van der Waals surface area contributed by atoms with Gasteiger partial charge >= 0.3 is 6.36 Å². The third kappa shape index (κ3) is 6.72. The Hall–Kier alpha value is -4.66. The Morgan fingerprint density at radius 3 is 2.40 bits per heavy atom. The SMILES string of the molecule is Cc1cc2cc(C(=O)N(C)[C@@H](CC(C)C)C(=O)N(C)[C@H](C#N)C[C@@]3(C)C(=O)Nc4ccccc43)cc(OC(F)(F)F)c2nc1C. The third-order valence-electron chi connectivity index (χ3n) is 8.40. The van der Waals surface area contributed by atoms with E-state index in [2.05, 4.69) is 21.1 Å². The van der Waals surface area contributed by atoms with Crippen LogP contribution in [0.25, 0.3) is 10.9 Å². The average Bonchev–Trinajstić information content (AvgIpc) is 3.22. The molecule has 4 rings (SSSR count). The number of hydrogen-bond donors (Lipinski definition) is 1. The molecule has 0 bridgehead atoms. The second-order valence-electron chi connectivity index (χ2n) is 12.2. The number of nitrogens with one attached hydrogen (secondary N) is 1. The number of nitrogens with zero attached hydrogens (tertiary/aromatic N) is 4. The number of alkyl halides is 3. The van der Waals surface area contributed by atoms with Gasteiger partial charge in [0.2, 0.25) is 11.8 Å². The molecule has 238 valence electrons. The second-order valence-corrected chi connectivity index (χ2v) is 12.2. The molecule has 9 nitrogen and oxygen atoms in total. The Morgan fingerprint density at radius 2 is 1.78 bits per heavy atom. The van der Waals surface area contributed by atoms with Crippen LogP contribution in [0.4, 0.5) is 18.9 Å². The van der Waals surface area contributed by atoms with Crippen LogP contribution < -0.4 is 10.1 Å². The van der Waals surface area contributed by atoms with E-state index in [0.717, 1.165) is 11.6 Å². The highest BCUT2D eigenvalue weighted by atomic mass is 19.4. The minimum absolute atomic E-state index is 0.00916. The molecule has 1 N–H and O–H groups in total. The van der Waals surface area contributed by atoms with Crippen LogP contribution in [0.15, 0.2) is 42.5 Å². The first-order valence-electron chi connectivity index (χ1n) is 14.5. The molecule has 0 saturated heterocycles. The molecule has 3 atom stereocenters. The van der Waals surface area contributed by atoms with Crippen molar-refractivity contribution in [1.29, 1.82) is 5.26 Å². The molecule has 0 aliphatic carbocycles. The summed E-state index contributed by atoms with van der Waals surface area (Å²) >= 11 is 0. The number of ether oxygens (including phenoxy) is 1. The summed E-state index contributed by atoms with van der Waals surface area (Å²) in [5.41, 5.74) is 1.33. The average molecular weight is 624 g/mol. The summed E-state index contributed by atoms with van der Waals surface area (Å²) in [4.78, 5) is 47.5. The monoisotopic (exact) mass is 623 g/mol. The van der Waals surface area contributed by atoms with Gasteiger partial charge in [0.05, 0.1) is 11.5 Å². The predicted molar refractivity (Wildman–Crippen MR) is 162 cm³/mol. The van der Waals surface area contributed by atoms with Crippen molar-refractivity contribution in [2.24, 2.45) is 5.92 Å². The van der Waals surface area contributed by atoms with Gasteiger partial charge in [-0.1, -0.05) is 32.0 Å². The molecule has 0 radical (unpaired) electrons. The number of carbonyl (C=O) groups excluding carboxylic acids is 3. The van der Waals surface area contributed by atoms with Gasteiger partial charge in [0.1, 0.15) is 17.6 Å². The number of nitriles is 1. The van der Waals surface area contributed by atoms with Crippen LogP contribution in [-0.4, -0.2) is 65.0 Å². The van der Waals surface area contributed by atoms with Gasteiger partial charge in [-0.15, -0.1) is 13.2 Å². The van der Waals surface area contributed by atoms with Crippen molar-refractivity contribution >= 4 is 34.3 Å². The maximum absolute atomic E-state index is 14.0. The van der Waals surface area contributed by atoms with E-state index in [9.17, 15) is 32.8 Å². The smallest absolute Gasteiger partial charge is 0.403 e. The molecule has 0 unspecified atom stereocenters. The molecule has 3 amide bonds. The molecule has 3 aromatic rings. The van der Waals surface area contributed by atoms with Crippen LogP contribution in [0.2, 0.25) is 0 Å². The number of carbonyl (C=O) groups is 3. The Kier molecular flexibility index (Phi) is 9.15. The molecular formula is C33H36F3N5O4. The van der Waals surface area contributed by atoms with E-state index in [4.69, 9.17) is 0 Å². The highest BCUT2D eigenvalue weighted by Gasteiger charge is 2.46. The number of fused-ring (bicyclic) bond motifs is 2. The fourth-order valence-electron chi connectivity index (χ4n) is 5.70. The van der Waals surface area contributed by atoms with Crippen LogP contribution in [0.1, 0.15) is 60.8 Å². The van der Waals surface area contributed by atoms with E-state index in [0.29, 0.717) is 16.9 Å². The lowest BCUT2D eigenvalue weighted by molar-refractivity contribution is -0.274. The first-order valence-corrected chi connectivity index (χ1v) is 14.5. The number of hydrogen-bond acceptors (Lipinski definition) is 6. The van der Waals surface area contributed by atoms with E-state index in [1.54, 1.807) is 51.1 Å². The van der Waals surface area contributed by atoms with E-state index >= 15 is 0 Å². The Labute approximate surface area is 260 Å². The number of likely N-dealkylation sites (N-methyl/N-ethyl adjacent to an activating group) is 2. The molecule has 12 heteroatoms. The van der Waals surface area contributed by atoms with E-state index in [-0.39, 0.29) is 41.1 Å². The quantitative estimate of drug-likeness (QED) is 0.318. The number of aromatic nitrogens is 1. The van der Waals surface area contributed by atoms with Gasteiger partial charge in [-0.2, -0.15) is 5.26 Å². The summed E-state index contributed by atoms with van der Waals surface area (Å²) in [7, 11) is 2.85. The van der Waals surface area contributed by atoms with E-state index in [1.165, 1.54) is 30.0 Å². The van der Waals surface area contributed by atoms with Gasteiger partial charge in [0.15, 0.2) is 5.75 Å². The molecule has 0 saturated carbocycles. The number of para-hydroxylation sites is 1. The maximum atomic E-state index is 14.0. The van der Waals surface area contributed by atoms with Crippen LogP contribution in [-0.2, 0) is 15.0 Å². The summed E-state index contributed by atoms with van der Waals surface area (Å²) in [6.45, 7) is 8.85. The number of halogens is 3. The number of pyridine rings is 1. The van der Waals surface area contributed by atoms with Gasteiger partial charge in [0.25, 0.3) is 5.91 Å². The highest BCUT2D eigenvalue weighted by molar-refractivity contribution is 6.06. The van der Waals surface area contributed by atoms with Gasteiger partial charge < -0.3 is 19.9 Å². The lowest BCUT2D eigenvalue weighted by Crippen LogP contribution is -2.52.